The largest absolute Gasteiger partial charge is 0.370 e. The van der Waals surface area contributed by atoms with E-state index >= 15 is 0 Å². The van der Waals surface area contributed by atoms with E-state index in [4.69, 9.17) is 0 Å². The second kappa shape index (κ2) is 4.12. The second-order valence-electron chi connectivity index (χ2n) is 4.47. The summed E-state index contributed by atoms with van der Waals surface area (Å²) in [5.41, 5.74) is 1.61. The third-order valence-corrected chi connectivity index (χ3v) is 4.21. The Morgan fingerprint density at radius 3 is 2.73 bits per heavy atom. The van der Waals surface area contributed by atoms with E-state index < -0.39 is 0 Å². The predicted molar refractivity (Wildman–Crippen MR) is 67.1 cm³/mol. The van der Waals surface area contributed by atoms with Gasteiger partial charge in [0.2, 0.25) is 0 Å². The van der Waals surface area contributed by atoms with Crippen LogP contribution >= 0.6 is 15.9 Å². The quantitative estimate of drug-likeness (QED) is 0.900. The van der Waals surface area contributed by atoms with Crippen molar-refractivity contribution in [2.24, 2.45) is 5.41 Å². The van der Waals surface area contributed by atoms with Gasteiger partial charge in [-0.15, -0.1) is 0 Å². The van der Waals surface area contributed by atoms with Crippen LogP contribution in [0.15, 0.2) is 16.6 Å². The molecule has 1 aliphatic carbocycles. The predicted octanol–water partition coefficient (Wildman–Crippen LogP) is 3.75. The van der Waals surface area contributed by atoms with Crippen molar-refractivity contribution in [2.75, 3.05) is 11.9 Å². The van der Waals surface area contributed by atoms with Gasteiger partial charge in [0, 0.05) is 11.0 Å². The number of hydrogen-bond acceptors (Lipinski definition) is 2. The third-order valence-electron chi connectivity index (χ3n) is 3.37. The van der Waals surface area contributed by atoms with E-state index in [1.165, 1.54) is 19.3 Å². The molecule has 1 aliphatic rings. The molecule has 0 aliphatic heterocycles. The molecule has 1 N–H and O–H groups in total. The molecule has 0 unspecified atom stereocenters. The van der Waals surface area contributed by atoms with Crippen LogP contribution in [0.2, 0.25) is 0 Å². The number of halogens is 1. The summed E-state index contributed by atoms with van der Waals surface area (Å²) < 4.78 is 1.07. The number of pyridine rings is 1. The summed E-state index contributed by atoms with van der Waals surface area (Å²) >= 11 is 3.46. The second-order valence-corrected chi connectivity index (χ2v) is 5.33. The lowest BCUT2D eigenvalue weighted by Crippen LogP contribution is -2.15. The molecular weight excluding hydrogens is 252 g/mol. The Hall–Kier alpha value is -0.570. The Morgan fingerprint density at radius 2 is 2.20 bits per heavy atom. The van der Waals surface area contributed by atoms with Crippen LogP contribution in [0.4, 0.5) is 5.82 Å². The summed E-state index contributed by atoms with van der Waals surface area (Å²) in [5, 5.41) is 3.43. The average Bonchev–Trinajstić information content (AvgIpc) is 3.01. The van der Waals surface area contributed by atoms with Gasteiger partial charge in [-0.1, -0.05) is 6.92 Å². The highest BCUT2D eigenvalue weighted by atomic mass is 79.9. The van der Waals surface area contributed by atoms with Gasteiger partial charge in [0.15, 0.2) is 0 Å². The van der Waals surface area contributed by atoms with E-state index in [0.717, 1.165) is 22.5 Å². The van der Waals surface area contributed by atoms with Crippen molar-refractivity contribution in [3.8, 4) is 0 Å². The van der Waals surface area contributed by atoms with Crippen LogP contribution in [-0.4, -0.2) is 11.5 Å². The zero-order valence-corrected chi connectivity index (χ0v) is 10.9. The highest BCUT2D eigenvalue weighted by molar-refractivity contribution is 9.10. The van der Waals surface area contributed by atoms with Crippen molar-refractivity contribution in [2.45, 2.75) is 33.1 Å². The first kappa shape index (κ1) is 10.9. The highest BCUT2D eigenvalue weighted by Crippen LogP contribution is 2.48. The topological polar surface area (TPSA) is 24.9 Å². The number of hydrogen-bond donors (Lipinski definition) is 1. The molecule has 0 saturated heterocycles. The Balaban J connectivity index is 1.96. The third kappa shape index (κ3) is 2.51. The number of nitrogens with zero attached hydrogens (tertiary/aromatic N) is 1. The zero-order chi connectivity index (χ0) is 10.9. The van der Waals surface area contributed by atoms with Crippen molar-refractivity contribution < 1.29 is 0 Å². The summed E-state index contributed by atoms with van der Waals surface area (Å²) in [5.74, 6) is 0.996. The van der Waals surface area contributed by atoms with Crippen molar-refractivity contribution in [3.05, 3.63) is 22.3 Å². The van der Waals surface area contributed by atoms with Crippen molar-refractivity contribution in [3.63, 3.8) is 0 Å². The average molecular weight is 269 g/mol. The van der Waals surface area contributed by atoms with Crippen LogP contribution in [0.5, 0.6) is 0 Å². The van der Waals surface area contributed by atoms with Crippen molar-refractivity contribution in [1.82, 2.24) is 4.98 Å². The maximum absolute atomic E-state index is 4.48. The summed E-state index contributed by atoms with van der Waals surface area (Å²) in [6, 6.07) is 4.08. The van der Waals surface area contributed by atoms with Gasteiger partial charge in [0.1, 0.15) is 5.82 Å². The number of anilines is 1. The minimum absolute atomic E-state index is 0.572. The molecule has 0 radical (unpaired) electrons. The molecule has 0 spiro atoms. The molecule has 1 aromatic heterocycles. The van der Waals surface area contributed by atoms with Crippen LogP contribution in [-0.2, 0) is 0 Å². The normalized spacial score (nSPS) is 17.5. The van der Waals surface area contributed by atoms with Gasteiger partial charge in [0.25, 0.3) is 0 Å². The SMILES string of the molecule is CCC1(CNc2ccc(Br)c(C)n2)CC1. The van der Waals surface area contributed by atoms with E-state index in [-0.39, 0.29) is 0 Å². The summed E-state index contributed by atoms with van der Waals surface area (Å²) in [4.78, 5) is 4.48. The van der Waals surface area contributed by atoms with Crippen molar-refractivity contribution >= 4 is 21.7 Å². The fourth-order valence-electron chi connectivity index (χ4n) is 1.75. The number of aromatic nitrogens is 1. The Labute approximate surface area is 99.6 Å². The van der Waals surface area contributed by atoms with Crippen LogP contribution in [0.3, 0.4) is 0 Å². The fraction of sp³-hybridized carbons (Fsp3) is 0.583. The van der Waals surface area contributed by atoms with Gasteiger partial charge in [0.05, 0.1) is 5.69 Å². The molecule has 1 fully saturated rings. The lowest BCUT2D eigenvalue weighted by atomic mass is 10.0. The van der Waals surface area contributed by atoms with Gasteiger partial charge in [-0.3, -0.25) is 0 Å². The molecule has 0 bridgehead atoms. The molecule has 1 aromatic rings. The number of rotatable bonds is 4. The molecule has 1 saturated carbocycles. The van der Waals surface area contributed by atoms with E-state index in [9.17, 15) is 0 Å². The van der Waals surface area contributed by atoms with Gasteiger partial charge in [-0.05, 0) is 59.7 Å². The van der Waals surface area contributed by atoms with E-state index in [1.54, 1.807) is 0 Å². The molecule has 0 amide bonds. The van der Waals surface area contributed by atoms with E-state index in [0.29, 0.717) is 5.41 Å². The lowest BCUT2D eigenvalue weighted by Gasteiger charge is -2.14. The van der Waals surface area contributed by atoms with Crippen LogP contribution < -0.4 is 5.32 Å². The minimum atomic E-state index is 0.572. The van der Waals surface area contributed by atoms with Crippen molar-refractivity contribution in [1.29, 1.82) is 0 Å². The molecule has 2 nitrogen and oxygen atoms in total. The van der Waals surface area contributed by atoms with Crippen LogP contribution in [0.25, 0.3) is 0 Å². The number of nitrogens with one attached hydrogen (secondary N) is 1. The summed E-state index contributed by atoms with van der Waals surface area (Å²) in [6.07, 6.45) is 4.01. The number of aryl methyl sites for hydroxylation is 1. The summed E-state index contributed by atoms with van der Waals surface area (Å²) in [6.45, 7) is 5.36. The first-order chi connectivity index (χ1) is 7.15. The Morgan fingerprint density at radius 1 is 1.47 bits per heavy atom. The van der Waals surface area contributed by atoms with E-state index in [1.807, 2.05) is 13.0 Å². The maximum Gasteiger partial charge on any atom is 0.126 e. The monoisotopic (exact) mass is 268 g/mol. The molecule has 82 valence electrons. The molecule has 15 heavy (non-hydrogen) atoms. The molecule has 0 aromatic carbocycles. The highest BCUT2D eigenvalue weighted by Gasteiger charge is 2.40. The van der Waals surface area contributed by atoms with E-state index in [2.05, 4.69) is 39.2 Å². The molecule has 0 atom stereocenters. The zero-order valence-electron chi connectivity index (χ0n) is 9.31. The maximum atomic E-state index is 4.48. The Bertz CT molecular complexity index is 359. The Kier molecular flexibility index (Phi) is 3.01. The molecule has 3 heteroatoms. The standard InChI is InChI=1S/C12H17BrN2/c1-3-12(6-7-12)8-14-11-5-4-10(13)9(2)15-11/h4-5H,3,6-8H2,1-2H3,(H,14,15). The smallest absolute Gasteiger partial charge is 0.126 e. The fourth-order valence-corrected chi connectivity index (χ4v) is 1.97. The first-order valence-electron chi connectivity index (χ1n) is 5.52. The van der Waals surface area contributed by atoms with Gasteiger partial charge in [-0.25, -0.2) is 4.98 Å². The van der Waals surface area contributed by atoms with Crippen LogP contribution in [0.1, 0.15) is 31.9 Å². The molecular formula is C12H17BrN2. The first-order valence-corrected chi connectivity index (χ1v) is 6.31. The van der Waals surface area contributed by atoms with Gasteiger partial charge < -0.3 is 5.32 Å². The lowest BCUT2D eigenvalue weighted by molar-refractivity contribution is 0.520. The van der Waals surface area contributed by atoms with Crippen LogP contribution in [0, 0.1) is 12.3 Å². The van der Waals surface area contributed by atoms with Gasteiger partial charge >= 0.3 is 0 Å². The molecule has 1 heterocycles. The summed E-state index contributed by atoms with van der Waals surface area (Å²) in [7, 11) is 0. The molecule has 2 rings (SSSR count). The van der Waals surface area contributed by atoms with Gasteiger partial charge in [-0.2, -0.15) is 0 Å². The minimum Gasteiger partial charge on any atom is -0.370 e.